The van der Waals surface area contributed by atoms with Crippen LogP contribution in [0.1, 0.15) is 47.7 Å². The van der Waals surface area contributed by atoms with Gasteiger partial charge in [0, 0.05) is 31.0 Å². The van der Waals surface area contributed by atoms with Crippen molar-refractivity contribution in [2.45, 2.75) is 46.1 Å². The Balaban J connectivity index is 1.46. The number of urea groups is 1. The minimum Gasteiger partial charge on any atom is -0.347 e. The van der Waals surface area contributed by atoms with Crippen LogP contribution in [0, 0.1) is 12.8 Å². The Bertz CT molecular complexity index is 1410. The molecular weight excluding hydrogens is 488 g/mol. The van der Waals surface area contributed by atoms with Gasteiger partial charge in [-0.15, -0.1) is 11.3 Å². The van der Waals surface area contributed by atoms with Crippen LogP contribution >= 0.6 is 11.3 Å². The highest BCUT2D eigenvalue weighted by Gasteiger charge is 2.34. The highest BCUT2D eigenvalue weighted by molar-refractivity contribution is 7.21. The van der Waals surface area contributed by atoms with Crippen molar-refractivity contribution in [2.75, 3.05) is 23.3 Å². The minimum atomic E-state index is -0.352. The van der Waals surface area contributed by atoms with Crippen molar-refractivity contribution in [3.05, 3.63) is 53.3 Å². The first-order valence-corrected chi connectivity index (χ1v) is 13.3. The predicted octanol–water partition coefficient (Wildman–Crippen LogP) is 4.79. The van der Waals surface area contributed by atoms with Gasteiger partial charge in [-0.05, 0) is 56.4 Å². The third-order valence-corrected chi connectivity index (χ3v) is 7.77. The zero-order chi connectivity index (χ0) is 26.3. The predicted molar refractivity (Wildman–Crippen MR) is 146 cm³/mol. The molecule has 3 aromatic rings. The van der Waals surface area contributed by atoms with Crippen LogP contribution in [0.5, 0.6) is 0 Å². The molecule has 0 aromatic carbocycles. The molecule has 9 nitrogen and oxygen atoms in total. The number of aryl methyl sites for hydroxylation is 1. The van der Waals surface area contributed by atoms with Crippen LogP contribution in [0.15, 0.2) is 37.1 Å². The van der Waals surface area contributed by atoms with Gasteiger partial charge in [-0.2, -0.15) is 0 Å². The van der Waals surface area contributed by atoms with E-state index in [0.717, 1.165) is 36.0 Å². The molecule has 1 saturated heterocycles. The van der Waals surface area contributed by atoms with Crippen LogP contribution in [-0.4, -0.2) is 51.8 Å². The number of rotatable bonds is 6. The van der Waals surface area contributed by atoms with E-state index in [1.54, 1.807) is 22.1 Å². The standard InChI is InChI=1S/C27H30N6O3S/c1-5-21(34)32-12-6-7-18(14-32)30-25(35)24-23-22-20(10-11-28-26(22)37-24)33(27(36)31-23)19-9-8-17(13-15(2)3)29-16(19)4/h5,8-11,15,18H,1,6-7,12-14H2,2-4H3,(H,30,35)(H,31,36). The highest BCUT2D eigenvalue weighted by atomic mass is 32.1. The number of nitrogens with zero attached hydrogens (tertiary/aromatic N) is 4. The SMILES string of the molecule is C=CC(=O)N1CCCC(NC(=O)c2sc3nccc4c3c2NC(=O)N4c2ccc(CC(C)C)nc2C)C1. The van der Waals surface area contributed by atoms with Crippen molar-refractivity contribution < 1.29 is 14.4 Å². The number of amides is 4. The number of pyridine rings is 2. The summed E-state index contributed by atoms with van der Waals surface area (Å²) in [5.41, 5.74) is 3.57. The van der Waals surface area contributed by atoms with Gasteiger partial charge in [0.2, 0.25) is 5.91 Å². The van der Waals surface area contributed by atoms with Crippen molar-refractivity contribution in [1.82, 2.24) is 20.2 Å². The van der Waals surface area contributed by atoms with E-state index in [1.165, 1.54) is 17.4 Å². The first kappa shape index (κ1) is 24.9. The number of carbonyl (C=O) groups is 3. The fraction of sp³-hybridized carbons (Fsp3) is 0.370. The van der Waals surface area contributed by atoms with Gasteiger partial charge in [0.15, 0.2) is 0 Å². The molecule has 2 N–H and O–H groups in total. The number of piperidine rings is 1. The number of anilines is 3. The van der Waals surface area contributed by atoms with E-state index in [4.69, 9.17) is 4.98 Å². The third-order valence-electron chi connectivity index (χ3n) is 6.67. The summed E-state index contributed by atoms with van der Waals surface area (Å²) in [5, 5.41) is 6.72. The minimum absolute atomic E-state index is 0.140. The fourth-order valence-electron chi connectivity index (χ4n) is 5.03. The zero-order valence-corrected chi connectivity index (χ0v) is 22.0. The number of nitrogens with one attached hydrogen (secondary N) is 2. The molecule has 0 saturated carbocycles. The smallest absolute Gasteiger partial charge is 0.331 e. The Hall–Kier alpha value is -3.79. The van der Waals surface area contributed by atoms with Gasteiger partial charge in [0.05, 0.1) is 28.1 Å². The van der Waals surface area contributed by atoms with Crippen molar-refractivity contribution in [3.8, 4) is 0 Å². The molecule has 5 rings (SSSR count). The molecule has 192 valence electrons. The first-order valence-electron chi connectivity index (χ1n) is 12.5. The number of carbonyl (C=O) groups excluding carboxylic acids is 3. The number of hydrogen-bond acceptors (Lipinski definition) is 6. The molecule has 0 bridgehead atoms. The van der Waals surface area contributed by atoms with Gasteiger partial charge in [-0.3, -0.25) is 19.5 Å². The second-order valence-electron chi connectivity index (χ2n) is 9.89. The van der Waals surface area contributed by atoms with E-state index >= 15 is 0 Å². The number of aromatic nitrogens is 2. The van der Waals surface area contributed by atoms with Crippen molar-refractivity contribution >= 4 is 56.5 Å². The van der Waals surface area contributed by atoms with Crippen LogP contribution in [0.25, 0.3) is 10.2 Å². The second kappa shape index (κ2) is 9.93. The molecule has 1 atom stereocenters. The Morgan fingerprint density at radius 1 is 1.30 bits per heavy atom. The molecule has 37 heavy (non-hydrogen) atoms. The molecule has 0 aliphatic carbocycles. The highest BCUT2D eigenvalue weighted by Crippen LogP contribution is 2.46. The summed E-state index contributed by atoms with van der Waals surface area (Å²) in [6.07, 6.45) is 5.38. The summed E-state index contributed by atoms with van der Waals surface area (Å²) in [4.78, 5) is 52.4. The van der Waals surface area contributed by atoms with Crippen LogP contribution in [-0.2, 0) is 11.2 Å². The molecule has 0 radical (unpaired) electrons. The number of likely N-dealkylation sites (tertiary alicyclic amines) is 1. The molecular formula is C27H30N6O3S. The maximum Gasteiger partial charge on any atom is 0.331 e. The van der Waals surface area contributed by atoms with Crippen molar-refractivity contribution in [1.29, 1.82) is 0 Å². The van der Waals surface area contributed by atoms with Crippen LogP contribution in [0.3, 0.4) is 0 Å². The lowest BCUT2D eigenvalue weighted by atomic mass is 10.1. The van der Waals surface area contributed by atoms with E-state index in [1.807, 2.05) is 19.1 Å². The molecule has 0 spiro atoms. The summed E-state index contributed by atoms with van der Waals surface area (Å²) in [6.45, 7) is 10.8. The maximum atomic E-state index is 13.4. The molecule has 1 fully saturated rings. The first-order chi connectivity index (χ1) is 17.8. The number of hydrogen-bond donors (Lipinski definition) is 2. The number of thiophene rings is 1. The van der Waals surface area contributed by atoms with Gasteiger partial charge in [0.1, 0.15) is 9.71 Å². The van der Waals surface area contributed by atoms with Crippen LogP contribution < -0.4 is 15.5 Å². The molecule has 2 aliphatic rings. The van der Waals surface area contributed by atoms with E-state index in [2.05, 4.69) is 36.0 Å². The average Bonchev–Trinajstić information content (AvgIpc) is 3.24. The Morgan fingerprint density at radius 3 is 2.84 bits per heavy atom. The topological polar surface area (TPSA) is 108 Å². The van der Waals surface area contributed by atoms with Crippen molar-refractivity contribution in [3.63, 3.8) is 0 Å². The maximum absolute atomic E-state index is 13.4. The monoisotopic (exact) mass is 518 g/mol. The summed E-state index contributed by atoms with van der Waals surface area (Å²) in [5.74, 6) is 0.0542. The van der Waals surface area contributed by atoms with E-state index in [0.29, 0.717) is 45.8 Å². The third kappa shape index (κ3) is 4.69. The quantitative estimate of drug-likeness (QED) is 0.456. The molecule has 4 amide bonds. The fourth-order valence-corrected chi connectivity index (χ4v) is 6.06. The molecule has 1 unspecified atom stereocenters. The lowest BCUT2D eigenvalue weighted by molar-refractivity contribution is -0.127. The van der Waals surface area contributed by atoms with Crippen molar-refractivity contribution in [2.24, 2.45) is 5.92 Å². The lowest BCUT2D eigenvalue weighted by Gasteiger charge is -2.32. The Morgan fingerprint density at radius 2 is 2.11 bits per heavy atom. The van der Waals surface area contributed by atoms with E-state index in [9.17, 15) is 14.4 Å². The normalized spacial score (nSPS) is 17.2. The lowest BCUT2D eigenvalue weighted by Crippen LogP contribution is -2.49. The van der Waals surface area contributed by atoms with Gasteiger partial charge in [-0.25, -0.2) is 9.78 Å². The Labute approximate surface area is 219 Å². The zero-order valence-electron chi connectivity index (χ0n) is 21.2. The van der Waals surface area contributed by atoms with Gasteiger partial charge >= 0.3 is 6.03 Å². The van der Waals surface area contributed by atoms with Crippen LogP contribution in [0.4, 0.5) is 21.9 Å². The summed E-state index contributed by atoms with van der Waals surface area (Å²) >= 11 is 1.25. The van der Waals surface area contributed by atoms with Crippen LogP contribution in [0.2, 0.25) is 0 Å². The molecule has 3 aromatic heterocycles. The average molecular weight is 519 g/mol. The summed E-state index contributed by atoms with van der Waals surface area (Å²) in [7, 11) is 0. The second-order valence-corrected chi connectivity index (χ2v) is 10.9. The van der Waals surface area contributed by atoms with E-state index in [-0.39, 0.29) is 23.9 Å². The van der Waals surface area contributed by atoms with E-state index < -0.39 is 0 Å². The summed E-state index contributed by atoms with van der Waals surface area (Å²) < 4.78 is 0. The van der Waals surface area contributed by atoms with Gasteiger partial charge in [-0.1, -0.05) is 20.4 Å². The van der Waals surface area contributed by atoms with Gasteiger partial charge in [0.25, 0.3) is 5.91 Å². The molecule has 2 aliphatic heterocycles. The van der Waals surface area contributed by atoms with Gasteiger partial charge < -0.3 is 15.5 Å². The summed E-state index contributed by atoms with van der Waals surface area (Å²) in [6, 6.07) is 5.15. The molecule has 5 heterocycles. The largest absolute Gasteiger partial charge is 0.347 e. The Kier molecular flexibility index (Phi) is 6.68. The molecule has 10 heteroatoms.